The van der Waals surface area contributed by atoms with E-state index in [1.165, 1.54) is 0 Å². The number of nitrogens with zero attached hydrogens (tertiary/aromatic N) is 1. The lowest BCUT2D eigenvalue weighted by Crippen LogP contribution is -2.44. The van der Waals surface area contributed by atoms with Crippen molar-refractivity contribution in [3.8, 4) is 0 Å². The maximum absolute atomic E-state index is 13.5. The normalized spacial score (nSPS) is 17.6. The molecule has 0 unspecified atom stereocenters. The van der Waals surface area contributed by atoms with Crippen LogP contribution in [0.3, 0.4) is 0 Å². The number of carbonyl (C=O) groups excluding carboxylic acids is 1. The van der Waals surface area contributed by atoms with E-state index in [4.69, 9.17) is 12.2 Å². The third kappa shape index (κ3) is 3.66. The van der Waals surface area contributed by atoms with Crippen molar-refractivity contribution in [1.29, 1.82) is 0 Å². The number of thiocarbonyl (C=S) groups is 1. The molecule has 1 amide bonds. The summed E-state index contributed by atoms with van der Waals surface area (Å²) in [4.78, 5) is 13.8. The number of thioether (sulfide) groups is 1. The average molecular weight is 368 g/mol. The van der Waals surface area contributed by atoms with Gasteiger partial charge in [0.1, 0.15) is 5.82 Å². The molecule has 0 aromatic heterocycles. The molecule has 5 nitrogen and oxygen atoms in total. The van der Waals surface area contributed by atoms with Crippen LogP contribution in [0.25, 0.3) is 6.08 Å². The van der Waals surface area contributed by atoms with Gasteiger partial charge in [0.25, 0.3) is 5.91 Å². The highest BCUT2D eigenvalue weighted by Crippen LogP contribution is 2.32. The van der Waals surface area contributed by atoms with Gasteiger partial charge in [0, 0.05) is 11.6 Å². The van der Waals surface area contributed by atoms with Crippen LogP contribution >= 0.6 is 24.0 Å². The first-order valence-corrected chi connectivity index (χ1v) is 8.60. The van der Waals surface area contributed by atoms with Crippen LogP contribution in [0.2, 0.25) is 0 Å². The van der Waals surface area contributed by atoms with Crippen molar-refractivity contribution in [3.63, 3.8) is 0 Å². The average Bonchev–Trinajstić information content (AvgIpc) is 2.62. The highest BCUT2D eigenvalue weighted by Gasteiger charge is 2.34. The first-order chi connectivity index (χ1) is 10.1. The Morgan fingerprint density at radius 2 is 1.82 bits per heavy atom. The second-order valence-corrected chi connectivity index (χ2v) is 7.57. The van der Waals surface area contributed by atoms with Crippen LogP contribution in [0.1, 0.15) is 5.56 Å². The summed E-state index contributed by atoms with van der Waals surface area (Å²) >= 11 is 5.53. The van der Waals surface area contributed by atoms with E-state index in [0.717, 1.165) is 12.3 Å². The van der Waals surface area contributed by atoms with Crippen molar-refractivity contribution in [3.05, 3.63) is 40.1 Å². The molecule has 0 saturated carbocycles. The summed E-state index contributed by atoms with van der Waals surface area (Å²) in [5, 5.41) is 0.596. The number of hydrazine groups is 1. The minimum absolute atomic E-state index is 0.121. The fraction of sp³-hybridized carbons (Fsp3) is 0.0909. The van der Waals surface area contributed by atoms with Crippen LogP contribution in [0.5, 0.6) is 0 Å². The number of halogens is 3. The Morgan fingerprint density at radius 3 is 2.41 bits per heavy atom. The van der Waals surface area contributed by atoms with Gasteiger partial charge in [-0.3, -0.25) is 4.79 Å². The predicted octanol–water partition coefficient (Wildman–Crippen LogP) is 1.77. The van der Waals surface area contributed by atoms with Crippen molar-refractivity contribution in [2.45, 2.75) is 0 Å². The highest BCUT2D eigenvalue weighted by molar-refractivity contribution is 8.26. The number of hydrogen-bond donors (Lipinski definition) is 1. The first-order valence-electron chi connectivity index (χ1n) is 5.48. The van der Waals surface area contributed by atoms with Gasteiger partial charge in [-0.25, -0.2) is 26.6 Å². The maximum Gasteiger partial charge on any atom is 0.281 e. The highest BCUT2D eigenvalue weighted by atomic mass is 32.2. The van der Waals surface area contributed by atoms with Crippen molar-refractivity contribution in [2.24, 2.45) is 0 Å². The molecule has 1 heterocycles. The third-order valence-electron chi connectivity index (χ3n) is 2.38. The Hall–Kier alpha value is -1.43. The molecule has 1 fully saturated rings. The largest absolute Gasteiger partial charge is 0.281 e. The van der Waals surface area contributed by atoms with E-state index in [1.54, 1.807) is 0 Å². The quantitative estimate of drug-likeness (QED) is 0.500. The molecule has 0 radical (unpaired) electrons. The third-order valence-corrected chi connectivity index (χ3v) is 4.19. The van der Waals surface area contributed by atoms with Crippen molar-refractivity contribution < 1.29 is 26.4 Å². The summed E-state index contributed by atoms with van der Waals surface area (Å²) in [5.74, 6) is -4.55. The van der Waals surface area contributed by atoms with Gasteiger partial charge in [-0.15, -0.1) is 4.83 Å². The number of hydrogen-bond acceptors (Lipinski definition) is 5. The van der Waals surface area contributed by atoms with Gasteiger partial charge in [0.05, 0.1) is 11.2 Å². The second kappa shape index (κ2) is 5.99. The Balaban J connectivity index is 2.37. The fourth-order valence-electron chi connectivity index (χ4n) is 1.50. The molecule has 1 aliphatic heterocycles. The van der Waals surface area contributed by atoms with Gasteiger partial charge in [0.2, 0.25) is 10.0 Å². The molecule has 118 valence electrons. The van der Waals surface area contributed by atoms with Gasteiger partial charge in [-0.2, -0.15) is 0 Å². The summed E-state index contributed by atoms with van der Waals surface area (Å²) < 4.78 is 61.7. The molecule has 1 aliphatic rings. The van der Waals surface area contributed by atoms with Gasteiger partial charge in [-0.05, 0) is 12.1 Å². The molecule has 1 saturated heterocycles. The van der Waals surface area contributed by atoms with Crippen LogP contribution < -0.4 is 4.83 Å². The lowest BCUT2D eigenvalue weighted by Gasteiger charge is -2.13. The van der Waals surface area contributed by atoms with E-state index >= 15 is 0 Å². The molecule has 2 rings (SSSR count). The van der Waals surface area contributed by atoms with Gasteiger partial charge >= 0.3 is 0 Å². The van der Waals surface area contributed by atoms with Crippen LogP contribution in [0.15, 0.2) is 17.0 Å². The standard InChI is InChI=1S/C11H7F3N2O3S3/c1-22(18,19)15-16-10(17)9(21-11(16)20)3-5-2-7(13)8(14)4-6(5)12/h2-4,15H,1H3/b9-3+. The molecule has 1 aromatic carbocycles. The Morgan fingerprint density at radius 1 is 1.23 bits per heavy atom. The zero-order chi connectivity index (χ0) is 16.7. The van der Waals surface area contributed by atoms with Gasteiger partial charge in [-0.1, -0.05) is 24.0 Å². The Kier molecular flexibility index (Phi) is 4.61. The zero-order valence-electron chi connectivity index (χ0n) is 10.8. The molecule has 0 spiro atoms. The van der Waals surface area contributed by atoms with Crippen LogP contribution in [-0.2, 0) is 14.8 Å². The molecular weight excluding hydrogens is 361 g/mol. The van der Waals surface area contributed by atoms with E-state index in [-0.39, 0.29) is 14.8 Å². The SMILES string of the molecule is CS(=O)(=O)NN1C(=O)/C(=C\c2cc(F)c(F)cc2F)SC1=S. The first kappa shape index (κ1) is 16.9. The van der Waals surface area contributed by atoms with Crippen molar-refractivity contribution in [1.82, 2.24) is 9.84 Å². The van der Waals surface area contributed by atoms with Gasteiger partial charge in [0.15, 0.2) is 16.0 Å². The van der Waals surface area contributed by atoms with Crippen LogP contribution in [-0.4, -0.2) is 29.9 Å². The number of carbonyl (C=O) groups is 1. The summed E-state index contributed by atoms with van der Waals surface area (Å²) in [6.45, 7) is 0. The minimum atomic E-state index is -3.75. The monoisotopic (exact) mass is 368 g/mol. The smallest absolute Gasteiger partial charge is 0.267 e. The topological polar surface area (TPSA) is 66.5 Å². The molecule has 1 N–H and O–H groups in total. The number of sulfonamides is 1. The fourth-order valence-corrected chi connectivity index (χ4v) is 3.29. The van der Waals surface area contributed by atoms with E-state index in [2.05, 4.69) is 0 Å². The zero-order valence-corrected chi connectivity index (χ0v) is 13.2. The molecule has 11 heteroatoms. The summed E-state index contributed by atoms with van der Waals surface area (Å²) in [6.07, 6.45) is 1.78. The Labute approximate surface area is 133 Å². The summed E-state index contributed by atoms with van der Waals surface area (Å²) in [6, 6.07) is 0.928. The van der Waals surface area contributed by atoms with Crippen molar-refractivity contribution in [2.75, 3.05) is 6.26 Å². The number of benzene rings is 1. The number of rotatable bonds is 3. The maximum atomic E-state index is 13.5. The lowest BCUT2D eigenvalue weighted by molar-refractivity contribution is -0.123. The van der Waals surface area contributed by atoms with Crippen LogP contribution in [0.4, 0.5) is 13.2 Å². The molecule has 0 bridgehead atoms. The predicted molar refractivity (Wildman–Crippen MR) is 79.3 cm³/mol. The van der Waals surface area contributed by atoms with E-state index < -0.39 is 33.4 Å². The lowest BCUT2D eigenvalue weighted by atomic mass is 10.2. The van der Waals surface area contributed by atoms with Crippen LogP contribution in [0, 0.1) is 17.5 Å². The molecular formula is C11H7F3N2O3S3. The molecule has 22 heavy (non-hydrogen) atoms. The van der Waals surface area contributed by atoms with Gasteiger partial charge < -0.3 is 0 Å². The number of amides is 1. The van der Waals surface area contributed by atoms with E-state index in [1.807, 2.05) is 4.83 Å². The Bertz CT molecular complexity index is 808. The molecule has 0 aliphatic carbocycles. The minimum Gasteiger partial charge on any atom is -0.267 e. The number of nitrogens with one attached hydrogen (secondary N) is 1. The van der Waals surface area contributed by atoms with E-state index in [9.17, 15) is 26.4 Å². The summed E-state index contributed by atoms with van der Waals surface area (Å²) in [7, 11) is -3.75. The molecule has 1 aromatic rings. The summed E-state index contributed by atoms with van der Waals surface area (Å²) in [5.41, 5.74) is -0.362. The van der Waals surface area contributed by atoms with Crippen molar-refractivity contribution >= 4 is 50.3 Å². The molecule has 0 atom stereocenters. The second-order valence-electron chi connectivity index (χ2n) is 4.17. The van der Waals surface area contributed by atoms with E-state index in [0.29, 0.717) is 28.9 Å².